The van der Waals surface area contributed by atoms with Gasteiger partial charge in [-0.15, -0.1) is 11.3 Å². The summed E-state index contributed by atoms with van der Waals surface area (Å²) in [6, 6.07) is 0. The largest absolute Gasteiger partial charge is 0.249 e. The van der Waals surface area contributed by atoms with Crippen LogP contribution in [-0.2, 0) is 0 Å². The topological polar surface area (TPSA) is 12.9 Å². The molecule has 0 atom stereocenters. The maximum atomic E-state index is 4.10. The van der Waals surface area contributed by atoms with Gasteiger partial charge >= 0.3 is 0 Å². The average Bonchev–Trinajstić information content (AvgIpc) is 2.13. The minimum atomic E-state index is 1.09. The first-order valence-corrected chi connectivity index (χ1v) is 3.65. The fourth-order valence-corrected chi connectivity index (χ4v) is 1.45. The molecule has 0 unspecified atom stereocenters. The van der Waals surface area contributed by atoms with E-state index in [4.69, 9.17) is 0 Å². The van der Waals surface area contributed by atoms with Gasteiger partial charge in [0.05, 0.1) is 16.1 Å². The molecule has 1 nitrogen and oxygen atoms in total. The second kappa shape index (κ2) is 2.31. The van der Waals surface area contributed by atoms with Crippen molar-refractivity contribution < 1.29 is 0 Å². The molecule has 1 aromatic rings. The summed E-state index contributed by atoms with van der Waals surface area (Å²) >= 11 is 1.65. The molecule has 0 fully saturated rings. The lowest BCUT2D eigenvalue weighted by molar-refractivity contribution is 1.25. The Morgan fingerprint density at radius 3 is 2.67 bits per heavy atom. The molecule has 0 spiro atoms. The van der Waals surface area contributed by atoms with Gasteiger partial charge in [0.2, 0.25) is 0 Å². The molecule has 0 aliphatic heterocycles. The van der Waals surface area contributed by atoms with Crippen molar-refractivity contribution in [1.29, 1.82) is 0 Å². The summed E-state index contributed by atoms with van der Waals surface area (Å²) in [5.41, 5.74) is 4.04. The molecular weight excluding hydrogens is 130 g/mol. The van der Waals surface area contributed by atoms with Gasteiger partial charge in [-0.1, -0.05) is 6.58 Å². The van der Waals surface area contributed by atoms with Crippen LogP contribution in [-0.4, -0.2) is 4.98 Å². The van der Waals surface area contributed by atoms with Crippen LogP contribution in [0.1, 0.15) is 17.5 Å². The van der Waals surface area contributed by atoms with E-state index in [0.717, 1.165) is 11.3 Å². The minimum absolute atomic E-state index is 1.09. The van der Waals surface area contributed by atoms with Gasteiger partial charge in [0, 0.05) is 0 Å². The van der Waals surface area contributed by atoms with Crippen LogP contribution in [0.4, 0.5) is 0 Å². The standard InChI is InChI=1S/C7H9NS/c1-5(2)7-6(3)8-4-9-7/h4H,1H2,2-3H3. The van der Waals surface area contributed by atoms with Gasteiger partial charge in [-0.05, 0) is 19.4 Å². The predicted molar refractivity (Wildman–Crippen MR) is 41.6 cm³/mol. The maximum Gasteiger partial charge on any atom is 0.0801 e. The van der Waals surface area contributed by atoms with Gasteiger partial charge in [0.15, 0.2) is 0 Å². The van der Waals surface area contributed by atoms with Crippen molar-refractivity contribution in [3.63, 3.8) is 0 Å². The number of aromatic nitrogens is 1. The molecule has 0 aromatic carbocycles. The highest BCUT2D eigenvalue weighted by molar-refractivity contribution is 7.10. The Morgan fingerprint density at radius 1 is 1.78 bits per heavy atom. The number of allylic oxidation sites excluding steroid dienone is 1. The van der Waals surface area contributed by atoms with E-state index in [0.29, 0.717) is 0 Å². The molecule has 1 heterocycles. The highest BCUT2D eigenvalue weighted by atomic mass is 32.1. The molecule has 0 bridgehead atoms. The lowest BCUT2D eigenvalue weighted by atomic mass is 10.2. The van der Waals surface area contributed by atoms with Gasteiger partial charge in [-0.2, -0.15) is 0 Å². The monoisotopic (exact) mass is 139 g/mol. The van der Waals surface area contributed by atoms with E-state index in [1.54, 1.807) is 11.3 Å². The highest BCUT2D eigenvalue weighted by Crippen LogP contribution is 2.19. The summed E-state index contributed by atoms with van der Waals surface area (Å²) in [4.78, 5) is 5.31. The highest BCUT2D eigenvalue weighted by Gasteiger charge is 1.98. The van der Waals surface area contributed by atoms with Crippen molar-refractivity contribution in [3.8, 4) is 0 Å². The van der Waals surface area contributed by atoms with Crippen LogP contribution in [0.3, 0.4) is 0 Å². The van der Waals surface area contributed by atoms with Gasteiger partial charge in [0.1, 0.15) is 0 Å². The molecule has 1 aromatic heterocycles. The van der Waals surface area contributed by atoms with Crippen LogP contribution in [0.25, 0.3) is 5.57 Å². The molecule has 48 valence electrons. The van der Waals surface area contributed by atoms with Crippen LogP contribution in [0.15, 0.2) is 12.1 Å². The summed E-state index contributed by atoms with van der Waals surface area (Å²) in [6.45, 7) is 7.83. The van der Waals surface area contributed by atoms with Crippen molar-refractivity contribution in [2.75, 3.05) is 0 Å². The SMILES string of the molecule is C=C(C)c1scnc1C. The number of aryl methyl sites for hydroxylation is 1. The summed E-state index contributed by atoms with van der Waals surface area (Å²) in [5, 5.41) is 0. The number of nitrogens with zero attached hydrogens (tertiary/aromatic N) is 1. The molecule has 0 aliphatic rings. The third kappa shape index (κ3) is 1.19. The molecule has 1 rings (SSSR count). The van der Waals surface area contributed by atoms with Crippen LogP contribution in [0.5, 0.6) is 0 Å². The van der Waals surface area contributed by atoms with E-state index in [-0.39, 0.29) is 0 Å². The van der Waals surface area contributed by atoms with Crippen molar-refractivity contribution >= 4 is 16.9 Å². The number of thiazole rings is 1. The Balaban J connectivity index is 3.08. The normalized spacial score (nSPS) is 9.56. The Morgan fingerprint density at radius 2 is 2.44 bits per heavy atom. The Bertz CT molecular complexity index is 225. The Labute approximate surface area is 59.1 Å². The van der Waals surface area contributed by atoms with E-state index in [1.165, 1.54) is 4.88 Å². The fourth-order valence-electron chi connectivity index (χ4n) is 0.711. The Kier molecular flexibility index (Phi) is 1.67. The zero-order chi connectivity index (χ0) is 6.85. The van der Waals surface area contributed by atoms with Crippen LogP contribution < -0.4 is 0 Å². The third-order valence-corrected chi connectivity index (χ3v) is 2.22. The van der Waals surface area contributed by atoms with Gasteiger partial charge in [-0.3, -0.25) is 0 Å². The second-order valence-corrected chi connectivity index (χ2v) is 2.90. The van der Waals surface area contributed by atoms with Crippen molar-refractivity contribution in [2.45, 2.75) is 13.8 Å². The molecule has 2 heteroatoms. The third-order valence-electron chi connectivity index (χ3n) is 1.13. The molecule has 0 radical (unpaired) electrons. The predicted octanol–water partition coefficient (Wildman–Crippen LogP) is 2.48. The molecule has 0 saturated heterocycles. The molecular formula is C7H9NS. The molecule has 0 N–H and O–H groups in total. The first-order valence-electron chi connectivity index (χ1n) is 2.78. The Hall–Kier alpha value is -0.630. The number of hydrogen-bond donors (Lipinski definition) is 0. The average molecular weight is 139 g/mol. The zero-order valence-electron chi connectivity index (χ0n) is 5.64. The van der Waals surface area contributed by atoms with Crippen molar-refractivity contribution in [3.05, 3.63) is 22.7 Å². The fraction of sp³-hybridized carbons (Fsp3) is 0.286. The summed E-state index contributed by atoms with van der Waals surface area (Å²) in [6.07, 6.45) is 0. The number of rotatable bonds is 1. The quantitative estimate of drug-likeness (QED) is 0.582. The smallest absolute Gasteiger partial charge is 0.0801 e. The van der Waals surface area contributed by atoms with E-state index in [9.17, 15) is 0 Å². The molecule has 0 saturated carbocycles. The van der Waals surface area contributed by atoms with Crippen LogP contribution in [0.2, 0.25) is 0 Å². The molecule has 9 heavy (non-hydrogen) atoms. The number of hydrogen-bond acceptors (Lipinski definition) is 2. The van der Waals surface area contributed by atoms with E-state index in [1.807, 2.05) is 19.4 Å². The van der Waals surface area contributed by atoms with Crippen LogP contribution >= 0.6 is 11.3 Å². The first-order chi connectivity index (χ1) is 4.22. The van der Waals surface area contributed by atoms with Crippen molar-refractivity contribution in [1.82, 2.24) is 4.98 Å². The van der Waals surface area contributed by atoms with E-state index >= 15 is 0 Å². The lowest BCUT2D eigenvalue weighted by Crippen LogP contribution is -1.75. The first kappa shape index (κ1) is 6.49. The van der Waals surface area contributed by atoms with Crippen LogP contribution in [0, 0.1) is 6.92 Å². The molecule has 0 aliphatic carbocycles. The van der Waals surface area contributed by atoms with Gasteiger partial charge < -0.3 is 0 Å². The van der Waals surface area contributed by atoms with Crippen molar-refractivity contribution in [2.24, 2.45) is 0 Å². The summed E-state index contributed by atoms with van der Waals surface area (Å²) in [7, 11) is 0. The lowest BCUT2D eigenvalue weighted by Gasteiger charge is -1.91. The van der Waals surface area contributed by atoms with E-state index < -0.39 is 0 Å². The maximum absolute atomic E-state index is 4.10. The zero-order valence-corrected chi connectivity index (χ0v) is 6.46. The van der Waals surface area contributed by atoms with Gasteiger partial charge in [-0.25, -0.2) is 4.98 Å². The van der Waals surface area contributed by atoms with E-state index in [2.05, 4.69) is 11.6 Å². The van der Waals surface area contributed by atoms with Gasteiger partial charge in [0.25, 0.3) is 0 Å². The molecule has 0 amide bonds. The second-order valence-electron chi connectivity index (χ2n) is 2.05. The summed E-state index contributed by atoms with van der Waals surface area (Å²) < 4.78 is 0. The minimum Gasteiger partial charge on any atom is -0.249 e. The summed E-state index contributed by atoms with van der Waals surface area (Å²) in [5.74, 6) is 0.